The number of phenols is 1. The summed E-state index contributed by atoms with van der Waals surface area (Å²) in [5.41, 5.74) is 1.54. The number of aromatic hydroxyl groups is 1. The van der Waals surface area contributed by atoms with Crippen molar-refractivity contribution in [3.63, 3.8) is 0 Å². The van der Waals surface area contributed by atoms with Crippen LogP contribution in [-0.2, 0) is 4.79 Å². The van der Waals surface area contributed by atoms with Crippen LogP contribution < -0.4 is 24.9 Å². The number of nitro benzene ring substituents is 1. The van der Waals surface area contributed by atoms with Gasteiger partial charge in [0.15, 0.2) is 4.80 Å². The fraction of sp³-hybridized carbons (Fsp3) is 0.107. The summed E-state index contributed by atoms with van der Waals surface area (Å²) in [6.07, 6.45) is 1.52. The van der Waals surface area contributed by atoms with Gasteiger partial charge in [-0.25, -0.2) is 4.99 Å². The van der Waals surface area contributed by atoms with Crippen LogP contribution in [0.2, 0.25) is 0 Å². The van der Waals surface area contributed by atoms with Gasteiger partial charge < -0.3 is 15.2 Å². The first kappa shape index (κ1) is 27.3. The number of fused-ring (bicyclic) bond motifs is 1. The van der Waals surface area contributed by atoms with Crippen molar-refractivity contribution in [3.05, 3.63) is 122 Å². The summed E-state index contributed by atoms with van der Waals surface area (Å²) in [6.45, 7) is 1.72. The number of halogens is 1. The second-order valence-electron chi connectivity index (χ2n) is 8.80. The van der Waals surface area contributed by atoms with Crippen LogP contribution in [0, 0.1) is 13.7 Å². The van der Waals surface area contributed by atoms with Crippen LogP contribution in [0.5, 0.6) is 11.5 Å². The quantitative estimate of drug-likeness (QED) is 0.181. The lowest BCUT2D eigenvalue weighted by Gasteiger charge is -2.25. The third kappa shape index (κ3) is 5.14. The Bertz CT molecular complexity index is 1860. The van der Waals surface area contributed by atoms with Crippen LogP contribution in [-0.4, -0.2) is 27.6 Å². The number of phenolic OH excluding ortho intramolecular Hbond substituents is 1. The number of amides is 1. The summed E-state index contributed by atoms with van der Waals surface area (Å²) in [7, 11) is 1.55. The highest BCUT2D eigenvalue weighted by atomic mass is 127. The second-order valence-corrected chi connectivity index (χ2v) is 11.0. The summed E-state index contributed by atoms with van der Waals surface area (Å²) in [5.74, 6) is -0.213. The monoisotopic (exact) mass is 668 g/mol. The minimum Gasteiger partial charge on any atom is -0.501 e. The second kappa shape index (κ2) is 11.1. The number of methoxy groups -OCH3 is 1. The molecule has 0 bridgehead atoms. The number of allylic oxidation sites excluding steroid dienone is 1. The molecule has 1 aliphatic heterocycles. The van der Waals surface area contributed by atoms with Gasteiger partial charge in [0.25, 0.3) is 11.5 Å². The molecule has 5 rings (SSSR count). The average molecular weight is 668 g/mol. The lowest BCUT2D eigenvalue weighted by atomic mass is 9.95. The van der Waals surface area contributed by atoms with Gasteiger partial charge in [-0.1, -0.05) is 41.7 Å². The SMILES string of the molecule is COc1ccc([C@@H]2C(C(=O)Nc3ccccc3)=C(C)N=c3s/c(=C/c4cc(I)c(O)c([N+](=O)[O-])c4)c(=O)n32)cc1. The number of nitrogens with one attached hydrogen (secondary N) is 1. The molecule has 0 saturated carbocycles. The number of hydrogen-bond acceptors (Lipinski definition) is 8. The van der Waals surface area contributed by atoms with Crippen LogP contribution in [0.3, 0.4) is 0 Å². The third-order valence-electron chi connectivity index (χ3n) is 6.29. The number of ether oxygens (including phenoxy) is 1. The van der Waals surface area contributed by atoms with E-state index in [2.05, 4.69) is 10.3 Å². The lowest BCUT2D eigenvalue weighted by molar-refractivity contribution is -0.386. The van der Waals surface area contributed by atoms with E-state index in [0.29, 0.717) is 38.6 Å². The molecule has 2 heterocycles. The van der Waals surface area contributed by atoms with Gasteiger partial charge in [0.2, 0.25) is 5.75 Å². The Morgan fingerprint density at radius 1 is 1.20 bits per heavy atom. The number of benzene rings is 3. The van der Waals surface area contributed by atoms with Gasteiger partial charge in [-0.2, -0.15) is 0 Å². The Kier molecular flexibility index (Phi) is 7.54. The zero-order valence-corrected chi connectivity index (χ0v) is 24.1. The van der Waals surface area contributed by atoms with Gasteiger partial charge in [-0.05, 0) is 77.0 Å². The standard InChI is InChI=1S/C28H21IN4O6S/c1-15-23(26(35)31-18-6-4-3-5-7-18)24(17-8-10-19(39-2)11-9-17)32-27(36)22(40-28(32)30-15)14-16-12-20(29)25(34)21(13-16)33(37)38/h3-14,24,34H,1-2H3,(H,31,35)/b22-14+/t24-/m1/s1. The Balaban J connectivity index is 1.68. The summed E-state index contributed by atoms with van der Waals surface area (Å²) >= 11 is 2.91. The molecular weight excluding hydrogens is 647 g/mol. The first-order valence-corrected chi connectivity index (χ1v) is 13.8. The molecule has 10 nitrogen and oxygen atoms in total. The highest BCUT2D eigenvalue weighted by Crippen LogP contribution is 2.33. The number of rotatable bonds is 6. The Labute approximate surface area is 244 Å². The fourth-order valence-corrected chi connectivity index (χ4v) is 6.09. The topological polar surface area (TPSA) is 136 Å². The predicted octanol–water partition coefficient (Wildman–Crippen LogP) is 4.10. The van der Waals surface area contributed by atoms with Crippen molar-refractivity contribution in [3.8, 4) is 11.5 Å². The summed E-state index contributed by atoms with van der Waals surface area (Å²) in [4.78, 5) is 43.2. The van der Waals surface area contributed by atoms with E-state index in [1.165, 1.54) is 16.7 Å². The number of anilines is 1. The number of nitro groups is 1. The van der Waals surface area contributed by atoms with E-state index in [0.717, 1.165) is 11.3 Å². The maximum atomic E-state index is 13.8. The van der Waals surface area contributed by atoms with E-state index in [-0.39, 0.29) is 8.10 Å². The number of para-hydroxylation sites is 1. The molecule has 3 aromatic carbocycles. The van der Waals surface area contributed by atoms with Gasteiger partial charge in [-0.3, -0.25) is 24.3 Å². The van der Waals surface area contributed by atoms with Crippen LogP contribution in [0.15, 0.2) is 87.8 Å². The molecule has 0 unspecified atom stereocenters. The number of hydrogen-bond donors (Lipinski definition) is 2. The van der Waals surface area contributed by atoms with Crippen molar-refractivity contribution < 1.29 is 19.6 Å². The van der Waals surface area contributed by atoms with Gasteiger partial charge in [0.05, 0.1) is 37.4 Å². The lowest BCUT2D eigenvalue weighted by Crippen LogP contribution is -2.40. The summed E-state index contributed by atoms with van der Waals surface area (Å²) in [6, 6.07) is 18.1. The molecule has 202 valence electrons. The zero-order valence-electron chi connectivity index (χ0n) is 21.1. The number of aromatic nitrogens is 1. The minimum absolute atomic E-state index is 0.269. The molecule has 2 N–H and O–H groups in total. The van der Waals surface area contributed by atoms with Crippen molar-refractivity contribution in [2.45, 2.75) is 13.0 Å². The molecule has 1 amide bonds. The summed E-state index contributed by atoms with van der Waals surface area (Å²) < 4.78 is 7.30. The van der Waals surface area contributed by atoms with Crippen LogP contribution in [0.4, 0.5) is 11.4 Å². The van der Waals surface area contributed by atoms with E-state index >= 15 is 0 Å². The first-order chi connectivity index (χ1) is 19.2. The molecule has 0 saturated heterocycles. The van der Waals surface area contributed by atoms with Gasteiger partial charge in [0.1, 0.15) is 5.75 Å². The molecule has 0 fully saturated rings. The largest absolute Gasteiger partial charge is 0.501 e. The molecule has 1 atom stereocenters. The molecule has 40 heavy (non-hydrogen) atoms. The Morgan fingerprint density at radius 3 is 2.55 bits per heavy atom. The van der Waals surface area contributed by atoms with Crippen molar-refractivity contribution in [1.29, 1.82) is 0 Å². The smallest absolute Gasteiger partial charge is 0.312 e. The number of nitrogens with zero attached hydrogens (tertiary/aromatic N) is 3. The normalized spacial score (nSPS) is 14.9. The van der Waals surface area contributed by atoms with E-state index in [4.69, 9.17) is 4.74 Å². The fourth-order valence-electron chi connectivity index (χ4n) is 4.41. The zero-order chi connectivity index (χ0) is 28.6. The molecule has 1 aliphatic rings. The van der Waals surface area contributed by atoms with E-state index in [1.54, 1.807) is 79.1 Å². The number of carbonyl (C=O) groups is 1. The first-order valence-electron chi connectivity index (χ1n) is 11.9. The van der Waals surface area contributed by atoms with Crippen molar-refractivity contribution in [2.24, 2.45) is 4.99 Å². The van der Waals surface area contributed by atoms with Gasteiger partial charge in [-0.15, -0.1) is 0 Å². The molecule has 0 aliphatic carbocycles. The maximum Gasteiger partial charge on any atom is 0.312 e. The summed E-state index contributed by atoms with van der Waals surface area (Å²) in [5, 5.41) is 24.4. The molecule has 0 radical (unpaired) electrons. The van der Waals surface area contributed by atoms with E-state index in [1.807, 2.05) is 18.2 Å². The predicted molar refractivity (Wildman–Crippen MR) is 159 cm³/mol. The highest BCUT2D eigenvalue weighted by molar-refractivity contribution is 14.1. The van der Waals surface area contributed by atoms with E-state index < -0.39 is 33.9 Å². The maximum absolute atomic E-state index is 13.8. The van der Waals surface area contributed by atoms with Gasteiger partial charge >= 0.3 is 5.69 Å². The molecule has 1 aromatic heterocycles. The van der Waals surface area contributed by atoms with Crippen molar-refractivity contribution in [2.75, 3.05) is 12.4 Å². The van der Waals surface area contributed by atoms with Crippen molar-refractivity contribution in [1.82, 2.24) is 4.57 Å². The van der Waals surface area contributed by atoms with E-state index in [9.17, 15) is 24.8 Å². The number of carbonyl (C=O) groups excluding carboxylic acids is 1. The Morgan fingerprint density at radius 2 is 1.90 bits per heavy atom. The van der Waals surface area contributed by atoms with Crippen LogP contribution in [0.25, 0.3) is 6.08 Å². The third-order valence-corrected chi connectivity index (χ3v) is 8.09. The van der Waals surface area contributed by atoms with Gasteiger partial charge in [0, 0.05) is 11.8 Å². The molecule has 4 aromatic rings. The number of thiazole rings is 1. The molecular formula is C28H21IN4O6S. The molecule has 0 spiro atoms. The van der Waals surface area contributed by atoms with Crippen molar-refractivity contribution >= 4 is 57.3 Å². The highest BCUT2D eigenvalue weighted by Gasteiger charge is 2.32. The average Bonchev–Trinajstić information content (AvgIpc) is 3.24. The van der Waals surface area contributed by atoms with Crippen LogP contribution >= 0.6 is 33.9 Å². The molecule has 12 heteroatoms. The van der Waals surface area contributed by atoms with Crippen LogP contribution in [0.1, 0.15) is 24.1 Å². The Hall–Kier alpha value is -4.30. The minimum atomic E-state index is -0.790.